The number of hydrogen-bond donors (Lipinski definition) is 1. The first-order chi connectivity index (χ1) is 21.9. The maximum Gasteiger partial charge on any atom is 0.301 e. The van der Waals surface area contributed by atoms with Crippen molar-refractivity contribution in [1.29, 1.82) is 0 Å². The summed E-state index contributed by atoms with van der Waals surface area (Å²) in [5.74, 6) is 0.0836. The lowest BCUT2D eigenvalue weighted by atomic mass is 9.95. The maximum absolute atomic E-state index is 13.8. The third kappa shape index (κ3) is 5.80. The highest BCUT2D eigenvalue weighted by Gasteiger charge is 2.48. The Morgan fingerprint density at radius 3 is 2.44 bits per heavy atom. The van der Waals surface area contributed by atoms with Crippen molar-refractivity contribution in [2.24, 2.45) is 0 Å². The Hall–Kier alpha value is -5.35. The first kappa shape index (κ1) is 29.7. The molecule has 1 N–H and O–H groups in total. The standard InChI is InChI=1S/C35H30N2O7S/c1-4-43-25-12-8-11-23(17-25)32(38)30-31(22-13-16-27(28(18-22)42-3)44-20-21-9-6-5-7-10-21)37(34(40)33(30)39)35-36-26-15-14-24(41-2)19-29(26)45-35/h5-19,31,38H,4,20H2,1-3H3. The lowest BCUT2D eigenvalue weighted by molar-refractivity contribution is -0.132. The minimum absolute atomic E-state index is 0.0782. The van der Waals surface area contributed by atoms with E-state index in [4.69, 9.17) is 23.9 Å². The molecular formula is C35H30N2O7S. The molecule has 10 heteroatoms. The summed E-state index contributed by atoms with van der Waals surface area (Å²) in [6, 6.07) is 26.1. The second-order valence-corrected chi connectivity index (χ2v) is 11.2. The molecule has 1 aromatic heterocycles. The Morgan fingerprint density at radius 1 is 0.867 bits per heavy atom. The molecule has 9 nitrogen and oxygen atoms in total. The van der Waals surface area contributed by atoms with Crippen LogP contribution < -0.4 is 23.8 Å². The SMILES string of the molecule is CCOc1cccc(C(O)=C2C(=O)C(=O)N(c3nc4ccc(OC)cc4s3)C2c2ccc(OCc3ccccc3)c(OC)c2)c1. The molecule has 45 heavy (non-hydrogen) atoms. The second kappa shape index (κ2) is 12.7. The molecule has 5 aromatic rings. The first-order valence-electron chi connectivity index (χ1n) is 14.2. The van der Waals surface area contributed by atoms with Crippen molar-refractivity contribution in [3.63, 3.8) is 0 Å². The van der Waals surface area contributed by atoms with Crippen molar-refractivity contribution in [2.45, 2.75) is 19.6 Å². The number of methoxy groups -OCH3 is 2. The van der Waals surface area contributed by atoms with Crippen LogP contribution in [-0.4, -0.2) is 42.6 Å². The molecule has 1 amide bonds. The van der Waals surface area contributed by atoms with E-state index in [1.807, 2.05) is 43.3 Å². The number of benzene rings is 4. The predicted molar refractivity (Wildman–Crippen MR) is 172 cm³/mol. The van der Waals surface area contributed by atoms with Gasteiger partial charge in [-0.05, 0) is 60.5 Å². The topological polar surface area (TPSA) is 107 Å². The van der Waals surface area contributed by atoms with Crippen LogP contribution in [0, 0.1) is 0 Å². The average Bonchev–Trinajstić information content (AvgIpc) is 3.61. The molecule has 0 aliphatic carbocycles. The van der Waals surface area contributed by atoms with Crippen molar-refractivity contribution in [1.82, 2.24) is 4.98 Å². The zero-order valence-corrected chi connectivity index (χ0v) is 25.7. The summed E-state index contributed by atoms with van der Waals surface area (Å²) in [4.78, 5) is 33.6. The zero-order valence-electron chi connectivity index (χ0n) is 24.9. The van der Waals surface area contributed by atoms with E-state index in [2.05, 4.69) is 0 Å². The van der Waals surface area contributed by atoms with E-state index in [0.717, 1.165) is 10.3 Å². The van der Waals surface area contributed by atoms with Crippen molar-refractivity contribution < 1.29 is 33.6 Å². The number of carbonyl (C=O) groups excluding carboxylic acids is 2. The molecule has 2 heterocycles. The average molecular weight is 623 g/mol. The predicted octanol–water partition coefficient (Wildman–Crippen LogP) is 6.92. The van der Waals surface area contributed by atoms with Gasteiger partial charge in [0, 0.05) is 5.56 Å². The Balaban J connectivity index is 1.48. The highest BCUT2D eigenvalue weighted by Crippen LogP contribution is 2.46. The number of ether oxygens (including phenoxy) is 4. The van der Waals surface area contributed by atoms with Gasteiger partial charge >= 0.3 is 5.91 Å². The van der Waals surface area contributed by atoms with Gasteiger partial charge < -0.3 is 24.1 Å². The van der Waals surface area contributed by atoms with Crippen LogP contribution in [0.3, 0.4) is 0 Å². The summed E-state index contributed by atoms with van der Waals surface area (Å²) in [5.41, 5.74) is 2.41. The second-order valence-electron chi connectivity index (χ2n) is 10.1. The Kier molecular flexibility index (Phi) is 8.39. The molecule has 1 fully saturated rings. The Bertz CT molecular complexity index is 1920. The number of nitrogens with zero attached hydrogens (tertiary/aromatic N) is 2. The Labute approximate surface area is 263 Å². The third-order valence-corrected chi connectivity index (χ3v) is 8.41. The van der Waals surface area contributed by atoms with E-state index in [1.54, 1.807) is 61.7 Å². The normalized spacial score (nSPS) is 15.8. The number of ketones is 1. The molecule has 0 bridgehead atoms. The van der Waals surface area contributed by atoms with E-state index in [-0.39, 0.29) is 11.3 Å². The highest BCUT2D eigenvalue weighted by molar-refractivity contribution is 7.22. The maximum atomic E-state index is 13.8. The number of amides is 1. The zero-order chi connectivity index (χ0) is 31.5. The quantitative estimate of drug-likeness (QED) is 0.102. The van der Waals surface area contributed by atoms with Gasteiger partial charge in [-0.2, -0.15) is 0 Å². The number of aliphatic hydroxyl groups excluding tert-OH is 1. The number of aromatic nitrogens is 1. The first-order valence-corrected chi connectivity index (χ1v) is 15.1. The fourth-order valence-electron chi connectivity index (χ4n) is 5.23. The van der Waals surface area contributed by atoms with Crippen LogP contribution in [0.2, 0.25) is 0 Å². The van der Waals surface area contributed by atoms with Crippen molar-refractivity contribution in [3.8, 4) is 23.0 Å². The summed E-state index contributed by atoms with van der Waals surface area (Å²) in [5, 5.41) is 11.9. The monoisotopic (exact) mass is 622 g/mol. The summed E-state index contributed by atoms with van der Waals surface area (Å²) in [6.45, 7) is 2.60. The van der Waals surface area contributed by atoms with Crippen molar-refractivity contribution in [2.75, 3.05) is 25.7 Å². The van der Waals surface area contributed by atoms with Gasteiger partial charge in [-0.1, -0.05) is 59.9 Å². The van der Waals surface area contributed by atoms with E-state index >= 15 is 0 Å². The molecule has 0 saturated carbocycles. The number of carbonyl (C=O) groups is 2. The van der Waals surface area contributed by atoms with Gasteiger partial charge in [0.1, 0.15) is 23.9 Å². The van der Waals surface area contributed by atoms with Gasteiger partial charge in [0.05, 0.1) is 42.7 Å². The molecule has 4 aromatic carbocycles. The number of fused-ring (bicyclic) bond motifs is 1. The van der Waals surface area contributed by atoms with Gasteiger partial charge in [0.2, 0.25) is 0 Å². The van der Waals surface area contributed by atoms with Crippen molar-refractivity contribution >= 4 is 44.1 Å². The summed E-state index contributed by atoms with van der Waals surface area (Å²) in [6.07, 6.45) is 0. The lowest BCUT2D eigenvalue weighted by Gasteiger charge is -2.24. The molecule has 1 saturated heterocycles. The molecule has 1 aliphatic heterocycles. The van der Waals surface area contributed by atoms with Crippen LogP contribution in [0.25, 0.3) is 16.0 Å². The largest absolute Gasteiger partial charge is 0.507 e. The van der Waals surface area contributed by atoms with Crippen LogP contribution in [0.15, 0.2) is 96.6 Å². The van der Waals surface area contributed by atoms with E-state index < -0.39 is 17.7 Å². The highest BCUT2D eigenvalue weighted by atomic mass is 32.1. The van der Waals surface area contributed by atoms with E-state index in [1.165, 1.54) is 23.3 Å². The molecular weight excluding hydrogens is 592 g/mol. The fraction of sp³-hybridized carbons (Fsp3) is 0.171. The molecule has 1 aliphatic rings. The summed E-state index contributed by atoms with van der Waals surface area (Å²) >= 11 is 1.25. The molecule has 228 valence electrons. The summed E-state index contributed by atoms with van der Waals surface area (Å²) in [7, 11) is 3.09. The van der Waals surface area contributed by atoms with Crippen LogP contribution >= 0.6 is 11.3 Å². The van der Waals surface area contributed by atoms with Crippen LogP contribution in [-0.2, 0) is 16.2 Å². The smallest absolute Gasteiger partial charge is 0.301 e. The number of hydrogen-bond acceptors (Lipinski definition) is 9. The third-order valence-electron chi connectivity index (χ3n) is 7.39. The van der Waals surface area contributed by atoms with Crippen LogP contribution in [0.1, 0.15) is 29.7 Å². The fourth-order valence-corrected chi connectivity index (χ4v) is 6.25. The van der Waals surface area contributed by atoms with E-state index in [0.29, 0.717) is 58.0 Å². The number of thiazole rings is 1. The van der Waals surface area contributed by atoms with Gasteiger partial charge in [-0.25, -0.2) is 4.98 Å². The van der Waals surface area contributed by atoms with Gasteiger partial charge in [0.25, 0.3) is 5.78 Å². The van der Waals surface area contributed by atoms with Crippen LogP contribution in [0.5, 0.6) is 23.0 Å². The van der Waals surface area contributed by atoms with Crippen molar-refractivity contribution in [3.05, 3.63) is 113 Å². The number of aliphatic hydroxyl groups is 1. The molecule has 0 spiro atoms. The minimum Gasteiger partial charge on any atom is -0.507 e. The van der Waals surface area contributed by atoms with E-state index in [9.17, 15) is 14.7 Å². The summed E-state index contributed by atoms with van der Waals surface area (Å²) < 4.78 is 23.5. The lowest BCUT2D eigenvalue weighted by Crippen LogP contribution is -2.29. The molecule has 6 rings (SSSR count). The number of Topliss-reactive ketones (excluding diaryl/α,β-unsaturated/α-hetero) is 1. The van der Waals surface area contributed by atoms with Crippen LogP contribution in [0.4, 0.5) is 5.13 Å². The minimum atomic E-state index is -1.01. The Morgan fingerprint density at radius 2 is 1.69 bits per heavy atom. The number of rotatable bonds is 10. The molecule has 1 unspecified atom stereocenters. The van der Waals surface area contributed by atoms with Gasteiger partial charge in [-0.15, -0.1) is 0 Å². The number of anilines is 1. The molecule has 0 radical (unpaired) electrons. The molecule has 1 atom stereocenters. The van der Waals surface area contributed by atoms with Gasteiger partial charge in [-0.3, -0.25) is 14.5 Å². The van der Waals surface area contributed by atoms with Gasteiger partial charge in [0.15, 0.2) is 16.6 Å².